The summed E-state index contributed by atoms with van der Waals surface area (Å²) in [6.45, 7) is 0.452. The summed E-state index contributed by atoms with van der Waals surface area (Å²) < 4.78 is 0. The van der Waals surface area contributed by atoms with Crippen molar-refractivity contribution in [1.82, 2.24) is 5.32 Å². The molecule has 4 heteroatoms. The van der Waals surface area contributed by atoms with E-state index in [1.54, 1.807) is 0 Å². The van der Waals surface area contributed by atoms with Gasteiger partial charge in [0, 0.05) is 6.54 Å². The Morgan fingerprint density at radius 3 is 2.73 bits per heavy atom. The zero-order valence-electron chi connectivity index (χ0n) is 8.31. The average molecular weight is 207 g/mol. The predicted molar refractivity (Wildman–Crippen MR) is 53.9 cm³/mol. The fraction of sp³-hybridized carbons (Fsp3) is 0.364. The van der Waals surface area contributed by atoms with E-state index in [1.807, 2.05) is 30.3 Å². The minimum atomic E-state index is -0.536. The van der Waals surface area contributed by atoms with Crippen molar-refractivity contribution in [2.24, 2.45) is 0 Å². The Kier molecular flexibility index (Phi) is 3.19. The van der Waals surface area contributed by atoms with Crippen molar-refractivity contribution in [2.75, 3.05) is 0 Å². The lowest BCUT2D eigenvalue weighted by Crippen LogP contribution is -2.24. The molecular weight excluding hydrogens is 194 g/mol. The summed E-state index contributed by atoms with van der Waals surface area (Å²) in [4.78, 5) is 20.4. The Morgan fingerprint density at radius 2 is 2.07 bits per heavy atom. The summed E-state index contributed by atoms with van der Waals surface area (Å²) in [7, 11) is 0. The highest BCUT2D eigenvalue weighted by Gasteiger charge is 2.25. The van der Waals surface area contributed by atoms with Crippen LogP contribution < -0.4 is 5.32 Å². The fourth-order valence-electron chi connectivity index (χ4n) is 1.08. The molecule has 1 saturated carbocycles. The van der Waals surface area contributed by atoms with Crippen LogP contribution in [-0.2, 0) is 16.3 Å². The molecule has 0 aliphatic heterocycles. The van der Waals surface area contributed by atoms with E-state index in [0.29, 0.717) is 6.54 Å². The molecule has 1 amide bonds. The van der Waals surface area contributed by atoms with E-state index in [4.69, 9.17) is 4.89 Å². The normalized spacial score (nSPS) is 14.7. The zero-order valence-corrected chi connectivity index (χ0v) is 8.31. The molecule has 15 heavy (non-hydrogen) atoms. The maximum absolute atomic E-state index is 11.1. The van der Waals surface area contributed by atoms with Crippen molar-refractivity contribution < 1.29 is 14.6 Å². The average Bonchev–Trinajstić information content (AvgIpc) is 3.09. The van der Waals surface area contributed by atoms with Crippen LogP contribution in [0.2, 0.25) is 0 Å². The Hall–Kier alpha value is -1.55. The molecule has 0 unspecified atom stereocenters. The molecule has 0 saturated heterocycles. The molecule has 1 N–H and O–H groups in total. The number of benzene rings is 1. The monoisotopic (exact) mass is 207 g/mol. The van der Waals surface area contributed by atoms with Crippen LogP contribution in [0.1, 0.15) is 18.4 Å². The highest BCUT2D eigenvalue weighted by molar-refractivity contribution is 5.66. The van der Waals surface area contributed by atoms with Gasteiger partial charge in [-0.15, -0.1) is 0 Å². The van der Waals surface area contributed by atoms with Gasteiger partial charge in [-0.2, -0.15) is 4.89 Å². The lowest BCUT2D eigenvalue weighted by atomic mass is 10.2. The van der Waals surface area contributed by atoms with Gasteiger partial charge in [0.1, 0.15) is 6.10 Å². The van der Waals surface area contributed by atoms with Crippen LogP contribution in [0.5, 0.6) is 0 Å². The van der Waals surface area contributed by atoms with Gasteiger partial charge in [0.2, 0.25) is 0 Å². The van der Waals surface area contributed by atoms with Gasteiger partial charge in [-0.1, -0.05) is 30.3 Å². The molecule has 1 aliphatic carbocycles. The molecule has 0 radical (unpaired) electrons. The summed E-state index contributed by atoms with van der Waals surface area (Å²) in [5.41, 5.74) is 1.03. The molecule has 0 heterocycles. The first-order chi connectivity index (χ1) is 7.34. The minimum Gasteiger partial charge on any atom is -0.315 e. The molecule has 4 nitrogen and oxygen atoms in total. The number of nitrogens with one attached hydrogen (secondary N) is 1. The van der Waals surface area contributed by atoms with Gasteiger partial charge in [0.05, 0.1) is 0 Å². The first-order valence-electron chi connectivity index (χ1n) is 4.99. The number of hydrogen-bond donors (Lipinski definition) is 1. The van der Waals surface area contributed by atoms with Crippen LogP contribution in [0.15, 0.2) is 30.3 Å². The van der Waals surface area contributed by atoms with Gasteiger partial charge in [0.15, 0.2) is 0 Å². The first-order valence-corrected chi connectivity index (χ1v) is 4.99. The molecule has 1 fully saturated rings. The van der Waals surface area contributed by atoms with E-state index >= 15 is 0 Å². The standard InChI is InChI=1S/C11H13NO3/c13-11(15-14-10-6-7-10)12-8-9-4-2-1-3-5-9/h1-5,10H,6-8H2,(H,12,13). The first kappa shape index (κ1) is 9.98. The minimum absolute atomic E-state index is 0.118. The van der Waals surface area contributed by atoms with E-state index in [0.717, 1.165) is 18.4 Å². The van der Waals surface area contributed by atoms with Gasteiger partial charge in [-0.05, 0) is 18.4 Å². The van der Waals surface area contributed by atoms with Crippen molar-refractivity contribution in [3.05, 3.63) is 35.9 Å². The second kappa shape index (κ2) is 4.79. The molecule has 1 aromatic carbocycles. The van der Waals surface area contributed by atoms with E-state index < -0.39 is 6.09 Å². The van der Waals surface area contributed by atoms with Gasteiger partial charge in [-0.25, -0.2) is 4.79 Å². The molecule has 0 aromatic heterocycles. The van der Waals surface area contributed by atoms with Crippen molar-refractivity contribution in [3.8, 4) is 0 Å². The van der Waals surface area contributed by atoms with Crippen LogP contribution in [0.3, 0.4) is 0 Å². The molecule has 0 bridgehead atoms. The zero-order chi connectivity index (χ0) is 10.5. The van der Waals surface area contributed by atoms with Gasteiger partial charge in [0.25, 0.3) is 0 Å². The third kappa shape index (κ3) is 3.59. The lowest BCUT2D eigenvalue weighted by Gasteiger charge is -2.04. The van der Waals surface area contributed by atoms with E-state index in [-0.39, 0.29) is 6.10 Å². The van der Waals surface area contributed by atoms with Crippen molar-refractivity contribution in [2.45, 2.75) is 25.5 Å². The smallest absolute Gasteiger partial charge is 0.315 e. The SMILES string of the molecule is O=C(NCc1ccccc1)OOC1CC1. The second-order valence-electron chi connectivity index (χ2n) is 3.51. The van der Waals surface area contributed by atoms with Crippen LogP contribution in [0, 0.1) is 0 Å². The van der Waals surface area contributed by atoms with Crippen LogP contribution >= 0.6 is 0 Å². The Bertz CT molecular complexity index is 322. The number of carbonyl (C=O) groups excluding carboxylic acids is 1. The summed E-state index contributed by atoms with van der Waals surface area (Å²) in [6.07, 6.45) is 1.54. The summed E-state index contributed by atoms with van der Waals surface area (Å²) >= 11 is 0. The molecule has 0 spiro atoms. The molecule has 1 aliphatic rings. The Labute approximate surface area is 88.1 Å². The molecular formula is C11H13NO3. The second-order valence-corrected chi connectivity index (χ2v) is 3.51. The largest absolute Gasteiger partial charge is 0.438 e. The topological polar surface area (TPSA) is 47.6 Å². The number of carbonyl (C=O) groups is 1. The molecule has 1 aromatic rings. The Balaban J connectivity index is 1.66. The summed E-state index contributed by atoms with van der Waals surface area (Å²) in [5, 5.41) is 2.60. The van der Waals surface area contributed by atoms with Gasteiger partial charge >= 0.3 is 6.09 Å². The van der Waals surface area contributed by atoms with Crippen molar-refractivity contribution in [1.29, 1.82) is 0 Å². The molecule has 80 valence electrons. The van der Waals surface area contributed by atoms with Crippen LogP contribution in [0.4, 0.5) is 4.79 Å². The third-order valence-corrected chi connectivity index (χ3v) is 2.06. The Morgan fingerprint density at radius 1 is 1.33 bits per heavy atom. The third-order valence-electron chi connectivity index (χ3n) is 2.06. The van der Waals surface area contributed by atoms with Crippen LogP contribution in [0.25, 0.3) is 0 Å². The number of amides is 1. The number of rotatable bonds is 4. The molecule has 2 rings (SSSR count). The van der Waals surface area contributed by atoms with Crippen LogP contribution in [-0.4, -0.2) is 12.2 Å². The summed E-state index contributed by atoms with van der Waals surface area (Å²) in [5.74, 6) is 0. The maximum Gasteiger partial charge on any atom is 0.438 e. The number of hydrogen-bond acceptors (Lipinski definition) is 3. The van der Waals surface area contributed by atoms with Gasteiger partial charge in [-0.3, -0.25) is 4.89 Å². The quantitative estimate of drug-likeness (QED) is 0.606. The summed E-state index contributed by atoms with van der Waals surface area (Å²) in [6, 6.07) is 9.63. The molecule has 0 atom stereocenters. The van der Waals surface area contributed by atoms with E-state index in [2.05, 4.69) is 10.2 Å². The van der Waals surface area contributed by atoms with E-state index in [1.165, 1.54) is 0 Å². The predicted octanol–water partition coefficient (Wildman–Crippen LogP) is 2.01. The van der Waals surface area contributed by atoms with E-state index in [9.17, 15) is 4.79 Å². The maximum atomic E-state index is 11.1. The fourth-order valence-corrected chi connectivity index (χ4v) is 1.08. The highest BCUT2D eigenvalue weighted by Crippen LogP contribution is 2.23. The van der Waals surface area contributed by atoms with Crippen molar-refractivity contribution >= 4 is 6.09 Å². The van der Waals surface area contributed by atoms with Gasteiger partial charge < -0.3 is 5.32 Å². The highest BCUT2D eigenvalue weighted by atomic mass is 17.2. The van der Waals surface area contributed by atoms with Crippen molar-refractivity contribution in [3.63, 3.8) is 0 Å². The lowest BCUT2D eigenvalue weighted by molar-refractivity contribution is -0.248.